The van der Waals surface area contributed by atoms with Gasteiger partial charge in [-0.2, -0.15) is 0 Å². The number of benzene rings is 1. The number of piperidine rings is 1. The fourth-order valence-corrected chi connectivity index (χ4v) is 4.72. The first kappa shape index (κ1) is 19.4. The van der Waals surface area contributed by atoms with Crippen LogP contribution in [0, 0.1) is 5.92 Å². The second kappa shape index (κ2) is 7.50. The monoisotopic (exact) mass is 399 g/mol. The number of ether oxygens (including phenoxy) is 1. The Morgan fingerprint density at radius 1 is 1.21 bits per heavy atom. The van der Waals surface area contributed by atoms with Crippen LogP contribution in [-0.4, -0.2) is 60.4 Å². The maximum Gasteiger partial charge on any atom is 0.325 e. The van der Waals surface area contributed by atoms with Crippen LogP contribution < -0.4 is 5.32 Å². The Balaban J connectivity index is 1.46. The molecule has 3 aliphatic rings. The number of imide groups is 1. The topological polar surface area (TPSA) is 96.0 Å². The van der Waals surface area contributed by atoms with Crippen LogP contribution >= 0.6 is 0 Å². The third-order valence-electron chi connectivity index (χ3n) is 6.33. The van der Waals surface area contributed by atoms with E-state index in [4.69, 9.17) is 4.74 Å². The number of methoxy groups -OCH3 is 1. The molecule has 1 aromatic carbocycles. The van der Waals surface area contributed by atoms with Crippen molar-refractivity contribution in [2.24, 2.45) is 5.92 Å². The largest absolute Gasteiger partial charge is 0.469 e. The summed E-state index contributed by atoms with van der Waals surface area (Å²) in [7, 11) is 1.36. The summed E-state index contributed by atoms with van der Waals surface area (Å²) in [4.78, 5) is 52.9. The third-order valence-corrected chi connectivity index (χ3v) is 6.33. The molecule has 4 rings (SSSR count). The zero-order valence-corrected chi connectivity index (χ0v) is 16.5. The van der Waals surface area contributed by atoms with Crippen LogP contribution in [0.3, 0.4) is 0 Å². The first-order valence-corrected chi connectivity index (χ1v) is 10.0. The maximum absolute atomic E-state index is 13.3. The molecule has 2 aliphatic heterocycles. The zero-order valence-electron chi connectivity index (χ0n) is 16.5. The Labute approximate surface area is 169 Å². The molecule has 0 aromatic heterocycles. The number of urea groups is 1. The zero-order chi connectivity index (χ0) is 20.6. The highest BCUT2D eigenvalue weighted by atomic mass is 16.5. The van der Waals surface area contributed by atoms with E-state index in [2.05, 4.69) is 5.32 Å². The molecular formula is C21H25N3O5. The second-order valence-corrected chi connectivity index (χ2v) is 7.92. The molecule has 1 spiro atoms. The highest BCUT2D eigenvalue weighted by Crippen LogP contribution is 2.39. The maximum atomic E-state index is 13.3. The predicted molar refractivity (Wildman–Crippen MR) is 103 cm³/mol. The van der Waals surface area contributed by atoms with Gasteiger partial charge < -0.3 is 15.0 Å². The van der Waals surface area contributed by atoms with Gasteiger partial charge >= 0.3 is 12.0 Å². The number of hydrogen-bond donors (Lipinski definition) is 1. The van der Waals surface area contributed by atoms with Crippen molar-refractivity contribution >= 4 is 23.8 Å². The van der Waals surface area contributed by atoms with E-state index in [-0.39, 0.29) is 30.2 Å². The van der Waals surface area contributed by atoms with Crippen LogP contribution in [0.2, 0.25) is 0 Å². The number of carbonyl (C=O) groups is 4. The van der Waals surface area contributed by atoms with Gasteiger partial charge in [-0.15, -0.1) is 0 Å². The molecule has 0 radical (unpaired) electrons. The minimum Gasteiger partial charge on any atom is -0.469 e. The van der Waals surface area contributed by atoms with E-state index in [1.54, 1.807) is 4.90 Å². The minimum atomic E-state index is -1.07. The molecule has 1 aromatic rings. The molecule has 1 aliphatic carbocycles. The highest BCUT2D eigenvalue weighted by molar-refractivity contribution is 6.09. The van der Waals surface area contributed by atoms with E-state index in [9.17, 15) is 19.2 Å². The van der Waals surface area contributed by atoms with Crippen molar-refractivity contribution in [1.29, 1.82) is 0 Å². The lowest BCUT2D eigenvalue weighted by atomic mass is 9.76. The SMILES string of the molecule is COC(=O)C1CCN(C(=O)CN2C(=O)N[C@@]3(CCCc4ccccc43)C2=O)CC1. The number of aryl methyl sites for hydroxylation is 1. The summed E-state index contributed by atoms with van der Waals surface area (Å²) >= 11 is 0. The summed E-state index contributed by atoms with van der Waals surface area (Å²) in [5.74, 6) is -1.10. The number of hydrogen-bond acceptors (Lipinski definition) is 5. The number of nitrogens with one attached hydrogen (secondary N) is 1. The third kappa shape index (κ3) is 3.26. The van der Waals surface area contributed by atoms with E-state index in [0.717, 1.165) is 28.9 Å². The van der Waals surface area contributed by atoms with Gasteiger partial charge in [0.05, 0.1) is 13.0 Å². The minimum absolute atomic E-state index is 0.206. The lowest BCUT2D eigenvalue weighted by Gasteiger charge is -2.34. The summed E-state index contributed by atoms with van der Waals surface area (Å²) in [6.07, 6.45) is 3.25. The van der Waals surface area contributed by atoms with Crippen LogP contribution in [0.25, 0.3) is 0 Å². The van der Waals surface area contributed by atoms with Gasteiger partial charge in [-0.05, 0) is 43.2 Å². The molecule has 29 heavy (non-hydrogen) atoms. The van der Waals surface area contributed by atoms with Gasteiger partial charge in [0, 0.05) is 13.1 Å². The van der Waals surface area contributed by atoms with Crippen molar-refractivity contribution in [2.45, 2.75) is 37.6 Å². The fraction of sp³-hybridized carbons (Fsp3) is 0.524. The first-order chi connectivity index (χ1) is 14.0. The fourth-order valence-electron chi connectivity index (χ4n) is 4.72. The molecule has 2 fully saturated rings. The molecule has 2 heterocycles. The van der Waals surface area contributed by atoms with Gasteiger partial charge in [0.1, 0.15) is 12.1 Å². The number of likely N-dealkylation sites (tertiary alicyclic amines) is 1. The molecule has 2 saturated heterocycles. The summed E-state index contributed by atoms with van der Waals surface area (Å²) in [6.45, 7) is 0.546. The molecule has 8 heteroatoms. The molecule has 1 N–H and O–H groups in total. The Morgan fingerprint density at radius 2 is 1.93 bits per heavy atom. The predicted octanol–water partition coefficient (Wildman–Crippen LogP) is 1.18. The van der Waals surface area contributed by atoms with Gasteiger partial charge in [-0.1, -0.05) is 24.3 Å². The van der Waals surface area contributed by atoms with Crippen LogP contribution in [-0.2, 0) is 31.1 Å². The Hall–Kier alpha value is -2.90. The molecule has 0 bridgehead atoms. The van der Waals surface area contributed by atoms with Gasteiger partial charge in [0.25, 0.3) is 5.91 Å². The average molecular weight is 399 g/mol. The van der Waals surface area contributed by atoms with E-state index in [1.807, 2.05) is 24.3 Å². The number of fused-ring (bicyclic) bond motifs is 2. The van der Waals surface area contributed by atoms with Gasteiger partial charge in [-0.25, -0.2) is 4.79 Å². The summed E-state index contributed by atoms with van der Waals surface area (Å²) in [5, 5.41) is 2.87. The summed E-state index contributed by atoms with van der Waals surface area (Å²) in [6, 6.07) is 7.14. The van der Waals surface area contributed by atoms with E-state index in [0.29, 0.717) is 32.4 Å². The van der Waals surface area contributed by atoms with Crippen LogP contribution in [0.15, 0.2) is 24.3 Å². The van der Waals surface area contributed by atoms with E-state index in [1.165, 1.54) is 7.11 Å². The molecule has 8 nitrogen and oxygen atoms in total. The molecule has 154 valence electrons. The highest BCUT2D eigenvalue weighted by Gasteiger charge is 2.54. The van der Waals surface area contributed by atoms with Crippen molar-refractivity contribution < 1.29 is 23.9 Å². The molecule has 0 unspecified atom stereocenters. The smallest absolute Gasteiger partial charge is 0.325 e. The van der Waals surface area contributed by atoms with Crippen molar-refractivity contribution in [2.75, 3.05) is 26.7 Å². The van der Waals surface area contributed by atoms with Crippen molar-refractivity contribution in [3.63, 3.8) is 0 Å². The number of esters is 1. The first-order valence-electron chi connectivity index (χ1n) is 10.0. The van der Waals surface area contributed by atoms with Crippen LogP contribution in [0.5, 0.6) is 0 Å². The second-order valence-electron chi connectivity index (χ2n) is 7.92. The van der Waals surface area contributed by atoms with E-state index >= 15 is 0 Å². The number of nitrogens with zero attached hydrogens (tertiary/aromatic N) is 2. The number of amides is 4. The normalized spacial score (nSPS) is 24.4. The van der Waals surface area contributed by atoms with Crippen LogP contribution in [0.4, 0.5) is 4.79 Å². The molecule has 1 atom stereocenters. The van der Waals surface area contributed by atoms with Crippen molar-refractivity contribution in [3.8, 4) is 0 Å². The molecule has 4 amide bonds. The summed E-state index contributed by atoms with van der Waals surface area (Å²) in [5.41, 5.74) is 0.827. The van der Waals surface area contributed by atoms with E-state index < -0.39 is 11.6 Å². The molecular weight excluding hydrogens is 374 g/mol. The average Bonchev–Trinajstić information content (AvgIpc) is 2.98. The number of rotatable bonds is 3. The Bertz CT molecular complexity index is 862. The molecule has 0 saturated carbocycles. The standard InChI is InChI=1S/C21H25N3O5/c1-29-18(26)15-8-11-23(12-9-15)17(25)13-24-19(27)21(22-20(24)28)10-4-6-14-5-2-3-7-16(14)21/h2-3,5,7,15H,4,6,8-13H2,1H3,(H,22,28)/t21-/m1/s1. The van der Waals surface area contributed by atoms with Crippen molar-refractivity contribution in [3.05, 3.63) is 35.4 Å². The quantitative estimate of drug-likeness (QED) is 0.608. The lowest BCUT2D eigenvalue weighted by molar-refractivity contribution is -0.149. The van der Waals surface area contributed by atoms with Gasteiger partial charge in [0.2, 0.25) is 5.91 Å². The summed E-state index contributed by atoms with van der Waals surface area (Å²) < 4.78 is 4.77. The number of carbonyl (C=O) groups excluding carboxylic acids is 4. The lowest BCUT2D eigenvalue weighted by Crippen LogP contribution is -2.48. The van der Waals surface area contributed by atoms with Crippen molar-refractivity contribution in [1.82, 2.24) is 15.1 Å². The van der Waals surface area contributed by atoms with Gasteiger partial charge in [-0.3, -0.25) is 19.3 Å². The van der Waals surface area contributed by atoms with Crippen LogP contribution in [0.1, 0.15) is 36.8 Å². The Morgan fingerprint density at radius 3 is 2.66 bits per heavy atom. The van der Waals surface area contributed by atoms with Gasteiger partial charge in [0.15, 0.2) is 0 Å². The Kier molecular flexibility index (Phi) is 5.02.